The van der Waals surface area contributed by atoms with Crippen molar-refractivity contribution in [2.45, 2.75) is 24.9 Å². The van der Waals surface area contributed by atoms with E-state index in [9.17, 15) is 5.11 Å². The highest BCUT2D eigenvalue weighted by molar-refractivity contribution is 9.10. The van der Waals surface area contributed by atoms with Crippen LogP contribution in [0, 0.1) is 0 Å². The van der Waals surface area contributed by atoms with Gasteiger partial charge in [-0.1, -0.05) is 0 Å². The highest BCUT2D eigenvalue weighted by Gasteiger charge is 2.34. The molecule has 1 aliphatic rings. The maximum Gasteiger partial charge on any atom is 0.123 e. The highest BCUT2D eigenvalue weighted by atomic mass is 79.9. The van der Waals surface area contributed by atoms with Crippen LogP contribution in [0.3, 0.4) is 0 Å². The second-order valence-electron chi connectivity index (χ2n) is 4.16. The fourth-order valence-electron chi connectivity index (χ4n) is 2.02. The number of aromatic nitrogens is 1. The molecule has 2 heterocycles. The van der Waals surface area contributed by atoms with Crippen LogP contribution in [0.25, 0.3) is 0 Å². The number of halogens is 1. The largest absolute Gasteiger partial charge is 0.384 e. The first kappa shape index (κ1) is 11.5. The van der Waals surface area contributed by atoms with E-state index in [4.69, 9.17) is 0 Å². The van der Waals surface area contributed by atoms with Crippen LogP contribution in [0.15, 0.2) is 10.1 Å². The summed E-state index contributed by atoms with van der Waals surface area (Å²) in [4.78, 5) is 7.40. The summed E-state index contributed by atoms with van der Waals surface area (Å²) in [7, 11) is 2.10. The Kier molecular flexibility index (Phi) is 3.45. The molecule has 1 fully saturated rings. The van der Waals surface area contributed by atoms with E-state index in [1.54, 1.807) is 5.51 Å². The third kappa shape index (κ3) is 2.41. The molecule has 0 aliphatic carbocycles. The van der Waals surface area contributed by atoms with Crippen molar-refractivity contribution in [3.8, 4) is 0 Å². The lowest BCUT2D eigenvalue weighted by atomic mass is 9.94. The summed E-state index contributed by atoms with van der Waals surface area (Å²) >= 11 is 4.94. The minimum absolute atomic E-state index is 0.676. The van der Waals surface area contributed by atoms with Crippen molar-refractivity contribution >= 4 is 27.3 Å². The molecule has 1 aromatic rings. The van der Waals surface area contributed by atoms with Crippen LogP contribution in [0.1, 0.15) is 24.1 Å². The van der Waals surface area contributed by atoms with E-state index in [0.29, 0.717) is 0 Å². The van der Waals surface area contributed by atoms with Gasteiger partial charge in [-0.15, -0.1) is 11.3 Å². The molecule has 84 valence electrons. The summed E-state index contributed by atoms with van der Waals surface area (Å²) in [5.41, 5.74) is 1.11. The fraction of sp³-hybridized carbons (Fsp3) is 0.700. The van der Waals surface area contributed by atoms with Crippen molar-refractivity contribution in [1.29, 1.82) is 0 Å². The summed E-state index contributed by atoms with van der Waals surface area (Å²) in [6, 6.07) is 0. The summed E-state index contributed by atoms with van der Waals surface area (Å²) in [5, 5.41) is 10.6. The van der Waals surface area contributed by atoms with Gasteiger partial charge in [0.05, 0.1) is 10.4 Å². The minimum Gasteiger partial charge on any atom is -0.384 e. The zero-order valence-electron chi connectivity index (χ0n) is 8.74. The molecule has 0 radical (unpaired) electrons. The Balaban J connectivity index is 2.22. The molecule has 15 heavy (non-hydrogen) atoms. The molecule has 0 spiro atoms. The number of nitrogens with zero attached hydrogens (tertiary/aromatic N) is 2. The van der Waals surface area contributed by atoms with Gasteiger partial charge in [0.15, 0.2) is 0 Å². The average molecular weight is 291 g/mol. The Morgan fingerprint density at radius 2 is 2.33 bits per heavy atom. The SMILES string of the molecule is CN1CCCC(O)(c2scnc2Br)CC1. The zero-order chi connectivity index (χ0) is 10.9. The predicted molar refractivity (Wildman–Crippen MR) is 65.1 cm³/mol. The fourth-order valence-corrected chi connectivity index (χ4v) is 3.74. The molecule has 1 aromatic heterocycles. The van der Waals surface area contributed by atoms with E-state index >= 15 is 0 Å². The molecule has 0 amide bonds. The summed E-state index contributed by atoms with van der Waals surface area (Å²) in [5.74, 6) is 0. The lowest BCUT2D eigenvalue weighted by Gasteiger charge is -2.25. The normalized spacial score (nSPS) is 29.0. The molecule has 2 rings (SSSR count). The molecule has 1 N–H and O–H groups in total. The predicted octanol–water partition coefficient (Wildman–Crippen LogP) is 2.21. The Morgan fingerprint density at radius 3 is 3.00 bits per heavy atom. The van der Waals surface area contributed by atoms with Crippen molar-refractivity contribution in [3.63, 3.8) is 0 Å². The Labute approximate surface area is 102 Å². The van der Waals surface area contributed by atoms with Crippen LogP contribution in [0.5, 0.6) is 0 Å². The first-order valence-corrected chi connectivity index (χ1v) is 6.79. The summed E-state index contributed by atoms with van der Waals surface area (Å²) in [6.07, 6.45) is 2.67. The Hall–Kier alpha value is 0.0300. The highest BCUT2D eigenvalue weighted by Crippen LogP contribution is 2.38. The summed E-state index contributed by atoms with van der Waals surface area (Å²) in [6.45, 7) is 2.01. The molecule has 0 saturated carbocycles. The van der Waals surface area contributed by atoms with Crippen molar-refractivity contribution < 1.29 is 5.11 Å². The molecule has 1 saturated heterocycles. The molecular formula is C10H15BrN2OS. The first-order valence-electron chi connectivity index (χ1n) is 5.12. The van der Waals surface area contributed by atoms with Gasteiger partial charge in [0.25, 0.3) is 0 Å². The quantitative estimate of drug-likeness (QED) is 0.862. The second kappa shape index (κ2) is 4.49. The molecule has 1 unspecified atom stereocenters. The van der Waals surface area contributed by atoms with Gasteiger partial charge in [-0.2, -0.15) is 0 Å². The molecule has 3 nitrogen and oxygen atoms in total. The van der Waals surface area contributed by atoms with Gasteiger partial charge in [0, 0.05) is 6.54 Å². The smallest absolute Gasteiger partial charge is 0.123 e. The van der Waals surface area contributed by atoms with Crippen LogP contribution in [-0.4, -0.2) is 35.1 Å². The van der Waals surface area contributed by atoms with E-state index in [0.717, 1.165) is 41.8 Å². The lowest BCUT2D eigenvalue weighted by molar-refractivity contribution is 0.0246. The molecular weight excluding hydrogens is 276 g/mol. The first-order chi connectivity index (χ1) is 7.12. The van der Waals surface area contributed by atoms with E-state index in [2.05, 4.69) is 32.9 Å². The molecule has 0 bridgehead atoms. The standard InChI is InChI=1S/C10H15BrN2OS/c1-13-5-2-3-10(14,4-6-13)8-9(11)12-7-15-8/h7,14H,2-6H2,1H3. The van der Waals surface area contributed by atoms with Crippen LogP contribution >= 0.6 is 27.3 Å². The molecule has 0 aromatic carbocycles. The molecule has 1 aliphatic heterocycles. The maximum absolute atomic E-state index is 10.6. The number of thiazole rings is 1. The van der Waals surface area contributed by atoms with Gasteiger partial charge in [0.2, 0.25) is 0 Å². The lowest BCUT2D eigenvalue weighted by Crippen LogP contribution is -2.27. The van der Waals surface area contributed by atoms with Gasteiger partial charge in [-0.05, 0) is 48.8 Å². The van der Waals surface area contributed by atoms with E-state index in [1.807, 2.05) is 0 Å². The van der Waals surface area contributed by atoms with Gasteiger partial charge >= 0.3 is 0 Å². The Morgan fingerprint density at radius 1 is 1.53 bits per heavy atom. The third-order valence-electron chi connectivity index (χ3n) is 2.98. The van der Waals surface area contributed by atoms with Gasteiger partial charge in [-0.25, -0.2) is 4.98 Å². The minimum atomic E-state index is -0.676. The monoisotopic (exact) mass is 290 g/mol. The number of hydrogen-bond donors (Lipinski definition) is 1. The van der Waals surface area contributed by atoms with Crippen molar-refractivity contribution in [2.75, 3.05) is 20.1 Å². The zero-order valence-corrected chi connectivity index (χ0v) is 11.1. The van der Waals surface area contributed by atoms with Crippen molar-refractivity contribution in [1.82, 2.24) is 9.88 Å². The third-order valence-corrected chi connectivity index (χ3v) is 4.87. The van der Waals surface area contributed by atoms with Crippen LogP contribution in [0.4, 0.5) is 0 Å². The van der Waals surface area contributed by atoms with E-state index < -0.39 is 5.60 Å². The Bertz CT molecular complexity index is 344. The second-order valence-corrected chi connectivity index (χ2v) is 5.77. The molecule has 5 heteroatoms. The number of aliphatic hydroxyl groups is 1. The topological polar surface area (TPSA) is 36.4 Å². The van der Waals surface area contributed by atoms with Gasteiger partial charge in [0.1, 0.15) is 10.2 Å². The molecule has 1 atom stereocenters. The number of rotatable bonds is 1. The van der Waals surface area contributed by atoms with Crippen molar-refractivity contribution in [2.24, 2.45) is 0 Å². The number of hydrogen-bond acceptors (Lipinski definition) is 4. The average Bonchev–Trinajstić information content (AvgIpc) is 2.55. The maximum atomic E-state index is 10.6. The van der Waals surface area contributed by atoms with Crippen molar-refractivity contribution in [3.05, 3.63) is 15.0 Å². The van der Waals surface area contributed by atoms with Crippen LogP contribution < -0.4 is 0 Å². The van der Waals surface area contributed by atoms with Gasteiger partial charge in [-0.3, -0.25) is 0 Å². The summed E-state index contributed by atoms with van der Waals surface area (Å²) < 4.78 is 0.805. The van der Waals surface area contributed by atoms with E-state index in [1.165, 1.54) is 11.3 Å². The van der Waals surface area contributed by atoms with E-state index in [-0.39, 0.29) is 0 Å². The van der Waals surface area contributed by atoms with Gasteiger partial charge < -0.3 is 10.0 Å². The van der Waals surface area contributed by atoms with Crippen LogP contribution in [0.2, 0.25) is 0 Å². The van der Waals surface area contributed by atoms with Crippen LogP contribution in [-0.2, 0) is 5.60 Å². The number of likely N-dealkylation sites (tertiary alicyclic amines) is 1.